The van der Waals surface area contributed by atoms with E-state index in [0.29, 0.717) is 0 Å². The van der Waals surface area contributed by atoms with Crippen molar-refractivity contribution < 1.29 is 0 Å². The molecule has 0 aliphatic carbocycles. The van der Waals surface area contributed by atoms with Gasteiger partial charge in [-0.25, -0.2) is 19.9 Å². The van der Waals surface area contributed by atoms with Gasteiger partial charge in [-0.1, -0.05) is 0 Å². The van der Waals surface area contributed by atoms with Gasteiger partial charge < -0.3 is 11.5 Å². The first-order valence-corrected chi connectivity index (χ1v) is 9.37. The molecule has 5 aromatic heterocycles. The molecule has 0 saturated carbocycles. The van der Waals surface area contributed by atoms with Gasteiger partial charge in [-0.2, -0.15) is 0 Å². The Morgan fingerprint density at radius 3 is 2.33 bits per heavy atom. The maximum atomic E-state index is 6.15. The van der Waals surface area contributed by atoms with Gasteiger partial charge in [0.05, 0.1) is 40.5 Å². The van der Waals surface area contributed by atoms with Crippen LogP contribution in [0.2, 0.25) is 0 Å². The highest BCUT2D eigenvalue weighted by Gasteiger charge is 2.17. The third-order valence-electron chi connectivity index (χ3n) is 4.87. The van der Waals surface area contributed by atoms with Crippen LogP contribution in [0, 0.1) is 0 Å². The average molecular weight is 397 g/mol. The second-order valence-corrected chi connectivity index (χ2v) is 7.62. The van der Waals surface area contributed by atoms with Gasteiger partial charge in [0.25, 0.3) is 0 Å². The molecule has 0 radical (unpaired) electrons. The summed E-state index contributed by atoms with van der Waals surface area (Å²) in [6, 6.07) is 7.71. The van der Waals surface area contributed by atoms with E-state index < -0.39 is 5.54 Å². The van der Waals surface area contributed by atoms with Gasteiger partial charge in [-0.15, -0.1) is 0 Å². The second-order valence-electron chi connectivity index (χ2n) is 7.62. The average Bonchev–Trinajstić information content (AvgIpc) is 3.18. The van der Waals surface area contributed by atoms with E-state index in [1.807, 2.05) is 42.7 Å². The molecule has 30 heavy (non-hydrogen) atoms. The van der Waals surface area contributed by atoms with Gasteiger partial charge in [0.15, 0.2) is 0 Å². The zero-order valence-electron chi connectivity index (χ0n) is 16.5. The SMILES string of the molecule is CC(C)(N)c1ccc(-n2cnc3cnc4ccc(-c5cnc(N)nc5)nc4c32)cn1. The molecule has 0 aliphatic heterocycles. The molecule has 0 spiro atoms. The van der Waals surface area contributed by atoms with Crippen molar-refractivity contribution >= 4 is 28.0 Å². The lowest BCUT2D eigenvalue weighted by atomic mass is 10.0. The summed E-state index contributed by atoms with van der Waals surface area (Å²) in [7, 11) is 0. The molecule has 5 rings (SSSR count). The van der Waals surface area contributed by atoms with Crippen LogP contribution in [-0.2, 0) is 5.54 Å². The van der Waals surface area contributed by atoms with Crippen LogP contribution in [-0.4, -0.2) is 34.5 Å². The molecule has 0 saturated heterocycles. The Bertz CT molecular complexity index is 1360. The van der Waals surface area contributed by atoms with E-state index in [2.05, 4.69) is 24.9 Å². The van der Waals surface area contributed by atoms with E-state index in [0.717, 1.165) is 44.7 Å². The van der Waals surface area contributed by atoms with Crippen molar-refractivity contribution in [2.45, 2.75) is 19.4 Å². The van der Waals surface area contributed by atoms with Crippen molar-refractivity contribution in [1.29, 1.82) is 0 Å². The van der Waals surface area contributed by atoms with Gasteiger partial charge >= 0.3 is 0 Å². The summed E-state index contributed by atoms with van der Waals surface area (Å²) < 4.78 is 1.95. The number of anilines is 1. The van der Waals surface area contributed by atoms with E-state index in [1.54, 1.807) is 31.1 Å². The van der Waals surface area contributed by atoms with Crippen LogP contribution < -0.4 is 11.5 Å². The molecule has 148 valence electrons. The second kappa shape index (κ2) is 6.53. The van der Waals surface area contributed by atoms with E-state index in [1.165, 1.54) is 0 Å². The molecule has 0 bridgehead atoms. The third-order valence-corrected chi connectivity index (χ3v) is 4.87. The Labute approximate surface area is 171 Å². The van der Waals surface area contributed by atoms with Crippen molar-refractivity contribution in [3.63, 3.8) is 0 Å². The lowest BCUT2D eigenvalue weighted by molar-refractivity contribution is 0.535. The molecule has 5 heterocycles. The Kier molecular flexibility index (Phi) is 3.93. The molecule has 9 nitrogen and oxygen atoms in total. The fourth-order valence-corrected chi connectivity index (χ4v) is 3.29. The Balaban J connectivity index is 1.70. The van der Waals surface area contributed by atoms with E-state index in [-0.39, 0.29) is 5.95 Å². The number of rotatable bonds is 3. The van der Waals surface area contributed by atoms with Crippen molar-refractivity contribution in [2.24, 2.45) is 5.73 Å². The molecule has 9 heteroatoms. The first kappa shape index (κ1) is 18.1. The minimum absolute atomic E-state index is 0.221. The molecule has 0 fully saturated rings. The summed E-state index contributed by atoms with van der Waals surface area (Å²) in [6.45, 7) is 3.85. The molecular formula is C21H19N9. The molecule has 5 aromatic rings. The maximum Gasteiger partial charge on any atom is 0.219 e. The number of nitrogens with zero attached hydrogens (tertiary/aromatic N) is 7. The predicted octanol–water partition coefficient (Wildman–Crippen LogP) is 2.60. The molecule has 0 atom stereocenters. The van der Waals surface area contributed by atoms with Crippen LogP contribution >= 0.6 is 0 Å². The van der Waals surface area contributed by atoms with Gasteiger partial charge in [-0.3, -0.25) is 14.5 Å². The summed E-state index contributed by atoms with van der Waals surface area (Å²) in [5.74, 6) is 0.221. The molecular weight excluding hydrogens is 378 g/mol. The predicted molar refractivity (Wildman–Crippen MR) is 115 cm³/mol. The van der Waals surface area contributed by atoms with E-state index in [9.17, 15) is 0 Å². The van der Waals surface area contributed by atoms with Gasteiger partial charge in [-0.05, 0) is 38.1 Å². The quantitative estimate of drug-likeness (QED) is 0.474. The van der Waals surface area contributed by atoms with E-state index in [4.69, 9.17) is 16.5 Å². The summed E-state index contributed by atoms with van der Waals surface area (Å²) in [5.41, 5.74) is 17.5. The van der Waals surface area contributed by atoms with Crippen molar-refractivity contribution in [3.05, 3.63) is 61.1 Å². The van der Waals surface area contributed by atoms with Crippen molar-refractivity contribution in [2.75, 3.05) is 5.73 Å². The fourth-order valence-electron chi connectivity index (χ4n) is 3.29. The highest BCUT2D eigenvalue weighted by molar-refractivity contribution is 6.00. The van der Waals surface area contributed by atoms with Crippen LogP contribution in [0.1, 0.15) is 19.5 Å². The summed E-state index contributed by atoms with van der Waals surface area (Å²) in [4.78, 5) is 26.5. The van der Waals surface area contributed by atoms with Gasteiger partial charge in [0, 0.05) is 18.0 Å². The Hall–Kier alpha value is -3.98. The van der Waals surface area contributed by atoms with E-state index >= 15 is 0 Å². The van der Waals surface area contributed by atoms with Gasteiger partial charge in [0.1, 0.15) is 22.9 Å². The van der Waals surface area contributed by atoms with Crippen molar-refractivity contribution in [3.8, 4) is 16.9 Å². The lowest BCUT2D eigenvalue weighted by Gasteiger charge is -2.18. The standard InChI is InChI=1S/C21H19N9/c1-21(2,23)17-6-3-13(9-25-17)30-11-28-16-10-24-15-5-4-14(29-18(15)19(16)30)12-7-26-20(22)27-8-12/h3-11H,23H2,1-2H3,(H2,22,26,27). The monoisotopic (exact) mass is 397 g/mol. The summed E-state index contributed by atoms with van der Waals surface area (Å²) in [5, 5.41) is 0. The number of fused-ring (bicyclic) bond motifs is 3. The van der Waals surface area contributed by atoms with Crippen LogP contribution in [0.3, 0.4) is 0 Å². The Morgan fingerprint density at radius 2 is 1.63 bits per heavy atom. The Morgan fingerprint density at radius 1 is 0.833 bits per heavy atom. The number of pyridine rings is 3. The fraction of sp³-hybridized carbons (Fsp3) is 0.143. The number of imidazole rings is 1. The normalized spacial score (nSPS) is 12.0. The molecule has 4 N–H and O–H groups in total. The van der Waals surface area contributed by atoms with Crippen molar-refractivity contribution in [1.82, 2.24) is 34.5 Å². The lowest BCUT2D eigenvalue weighted by Crippen LogP contribution is -2.29. The van der Waals surface area contributed by atoms with Gasteiger partial charge in [0.2, 0.25) is 5.95 Å². The number of hydrogen-bond donors (Lipinski definition) is 2. The van der Waals surface area contributed by atoms with Crippen LogP contribution in [0.15, 0.2) is 55.4 Å². The summed E-state index contributed by atoms with van der Waals surface area (Å²) >= 11 is 0. The first-order valence-electron chi connectivity index (χ1n) is 9.37. The smallest absolute Gasteiger partial charge is 0.219 e. The number of nitrogen functional groups attached to an aromatic ring is 1. The highest BCUT2D eigenvalue weighted by Crippen LogP contribution is 2.27. The van der Waals surface area contributed by atoms with Crippen LogP contribution in [0.5, 0.6) is 0 Å². The molecule has 0 aromatic carbocycles. The minimum atomic E-state index is -0.510. The minimum Gasteiger partial charge on any atom is -0.368 e. The largest absolute Gasteiger partial charge is 0.368 e. The third kappa shape index (κ3) is 3.01. The number of nitrogens with two attached hydrogens (primary N) is 2. The summed E-state index contributed by atoms with van der Waals surface area (Å²) in [6.07, 6.45) is 8.58. The molecule has 0 aliphatic rings. The molecule has 0 unspecified atom stereocenters. The number of aromatic nitrogens is 7. The number of hydrogen-bond acceptors (Lipinski definition) is 8. The van der Waals surface area contributed by atoms with Crippen LogP contribution in [0.4, 0.5) is 5.95 Å². The van der Waals surface area contributed by atoms with Crippen LogP contribution in [0.25, 0.3) is 39.0 Å². The maximum absolute atomic E-state index is 6.15. The molecule has 0 amide bonds. The zero-order valence-corrected chi connectivity index (χ0v) is 16.5. The highest BCUT2D eigenvalue weighted by atomic mass is 15.1. The topological polar surface area (TPSA) is 134 Å². The zero-order chi connectivity index (χ0) is 20.9. The first-order chi connectivity index (χ1) is 14.4.